The smallest absolute Gasteiger partial charge is 0.319 e. The van der Waals surface area contributed by atoms with Gasteiger partial charge in [0.15, 0.2) is 10.9 Å². The number of likely N-dealkylation sites (tertiary alicyclic amines) is 2. The topological polar surface area (TPSA) is 213 Å². The van der Waals surface area contributed by atoms with Gasteiger partial charge in [-0.15, -0.1) is 11.3 Å². The molecule has 4 saturated heterocycles. The molecule has 6 aromatic rings. The van der Waals surface area contributed by atoms with Crippen molar-refractivity contribution in [2.45, 2.75) is 122 Å². The highest BCUT2D eigenvalue weighted by atomic mass is 35.5. The third kappa shape index (κ3) is 11.8. The maximum absolute atomic E-state index is 17.1. The van der Waals surface area contributed by atoms with Gasteiger partial charge in [0.2, 0.25) is 17.7 Å². The molecule has 4 aliphatic rings. The van der Waals surface area contributed by atoms with E-state index in [0.717, 1.165) is 65.3 Å². The molecule has 23 heteroatoms. The summed E-state index contributed by atoms with van der Waals surface area (Å²) in [4.78, 5) is 66.1. The van der Waals surface area contributed by atoms with Crippen molar-refractivity contribution in [3.05, 3.63) is 75.6 Å². The van der Waals surface area contributed by atoms with Gasteiger partial charge < -0.3 is 46.1 Å². The maximum Gasteiger partial charge on any atom is 0.319 e. The number of nitrogens with one attached hydrogen (secondary N) is 3. The number of fused-ring (bicyclic) bond motifs is 4. The van der Waals surface area contributed by atoms with Crippen molar-refractivity contribution in [2.75, 3.05) is 63.2 Å². The number of benzene rings is 3. The van der Waals surface area contributed by atoms with E-state index in [1.807, 2.05) is 64.4 Å². The molecule has 4 aliphatic heterocycles. The summed E-state index contributed by atoms with van der Waals surface area (Å²) in [5.74, 6) is -3.59. The van der Waals surface area contributed by atoms with Crippen LogP contribution >= 0.6 is 34.3 Å². The largest absolute Gasteiger partial charge is 0.462 e. The molecular formula is C55H65ClF3N11O6S2. The number of ether oxygens (including phenoxy) is 2. The van der Waals surface area contributed by atoms with Gasteiger partial charge in [-0.3, -0.25) is 19.3 Å². The van der Waals surface area contributed by atoms with Gasteiger partial charge in [0.1, 0.15) is 41.7 Å². The summed E-state index contributed by atoms with van der Waals surface area (Å²) in [6.07, 6.45) is 3.59. The number of halogens is 4. The Morgan fingerprint density at radius 2 is 1.73 bits per heavy atom. The van der Waals surface area contributed by atoms with E-state index < -0.39 is 47.0 Å². The number of hydrogen-bond donors (Lipinski definition) is 5. The molecule has 3 aromatic heterocycles. The van der Waals surface area contributed by atoms with Crippen molar-refractivity contribution in [2.24, 2.45) is 5.41 Å². The summed E-state index contributed by atoms with van der Waals surface area (Å²) in [5, 5.41) is 20.5. The van der Waals surface area contributed by atoms with Gasteiger partial charge in [-0.25, -0.2) is 23.1 Å². The molecule has 7 atom stereocenters. The number of aliphatic hydroxyl groups excluding tert-OH is 1. The molecule has 2 bridgehead atoms. The standard InChI is InChI=1S/C55H65ClF3N11O6S2/c1-28(30-9-11-31(12-10-30)47-29(2)61-27-77-47)62-51(73)40-20-35(71)25-70(40)52(74)49(55(3,4)5)64-41(72)15-19-75-18-7-17-68-16-6-8-34(68)26-76-54-66-45-36(50(67-54)69-23-32-13-14-33(24-69)63-32)21-37(56)42(44(45)59)43-38(57)22-39(58)48-46(43)65-53(60)78-48/h9-12,21-22,27-28,32-35,40,49,63,71H,6-8,13-20,23-26H2,1-5H3,(H2,60,65)(H,62,73)(H,64,72)/t28-,32?,33?,34-,35+,40-,49+/m0/s1. The van der Waals surface area contributed by atoms with Crippen LogP contribution in [-0.2, 0) is 19.1 Å². The maximum atomic E-state index is 17.1. The van der Waals surface area contributed by atoms with Crippen LogP contribution in [-0.4, -0.2) is 141 Å². The number of nitrogen functional groups attached to an aromatic ring is 1. The van der Waals surface area contributed by atoms with Gasteiger partial charge in [0.25, 0.3) is 0 Å². The lowest BCUT2D eigenvalue weighted by Crippen LogP contribution is -2.58. The molecule has 4 fully saturated rings. The summed E-state index contributed by atoms with van der Waals surface area (Å²) in [5.41, 5.74) is 8.98. The molecule has 0 spiro atoms. The van der Waals surface area contributed by atoms with Crippen LogP contribution in [0, 0.1) is 29.8 Å². The number of hydrogen-bond acceptors (Lipinski definition) is 16. The van der Waals surface area contributed by atoms with Crippen LogP contribution in [0.2, 0.25) is 5.02 Å². The predicted octanol–water partition coefficient (Wildman–Crippen LogP) is 7.94. The van der Waals surface area contributed by atoms with E-state index in [2.05, 4.69) is 40.7 Å². The van der Waals surface area contributed by atoms with E-state index in [0.29, 0.717) is 49.9 Å². The highest BCUT2D eigenvalue weighted by Crippen LogP contribution is 2.44. The van der Waals surface area contributed by atoms with Gasteiger partial charge in [-0.2, -0.15) is 9.97 Å². The zero-order valence-electron chi connectivity index (χ0n) is 44.2. The number of carbonyl (C=O) groups is 3. The number of nitrogens with two attached hydrogens (primary N) is 1. The molecule has 0 saturated carbocycles. The monoisotopic (exact) mass is 1130 g/mol. The molecule has 6 N–H and O–H groups in total. The van der Waals surface area contributed by atoms with Gasteiger partial charge in [0, 0.05) is 86.3 Å². The number of piperazine rings is 1. The Bertz CT molecular complexity index is 3200. The van der Waals surface area contributed by atoms with Crippen molar-refractivity contribution < 1.29 is 42.1 Å². The van der Waals surface area contributed by atoms with E-state index >= 15 is 8.78 Å². The molecular weight excluding hydrogens is 1070 g/mol. The number of β-amino-alcohol motifs (C(OH)–C–C–N with tert-alkyl or cyclic N) is 1. The summed E-state index contributed by atoms with van der Waals surface area (Å²) in [7, 11) is 0. The molecule has 3 amide bonds. The fraction of sp³-hybridized carbons (Fsp3) is 0.509. The van der Waals surface area contributed by atoms with E-state index in [4.69, 9.17) is 31.8 Å². The van der Waals surface area contributed by atoms with Gasteiger partial charge >= 0.3 is 6.01 Å². The lowest BCUT2D eigenvalue weighted by atomic mass is 9.85. The Morgan fingerprint density at radius 1 is 0.974 bits per heavy atom. The number of aryl methyl sites for hydroxylation is 1. The SMILES string of the molecule is Cc1ncsc1-c1ccc([C@H](C)NC(=O)[C@@H]2C[C@@H](O)CN2C(=O)[C@@H](NC(=O)CCOCCCN2CCC[C@H]2COc2nc(N3CC4CCC(C3)N4)c3cc(Cl)c(-c4c(F)cc(F)c5sc(N)nc45)c(F)c3n2)C(C)(C)C)cc1. The second-order valence-electron chi connectivity index (χ2n) is 22.0. The molecule has 7 heterocycles. The molecule has 0 radical (unpaired) electrons. The van der Waals surface area contributed by atoms with Gasteiger partial charge in [0.05, 0.1) is 50.1 Å². The summed E-state index contributed by atoms with van der Waals surface area (Å²) < 4.78 is 59.9. The van der Waals surface area contributed by atoms with Crippen molar-refractivity contribution in [1.29, 1.82) is 0 Å². The average molecular weight is 1130 g/mol. The zero-order valence-corrected chi connectivity index (χ0v) is 46.6. The van der Waals surface area contributed by atoms with Crippen LogP contribution in [0.1, 0.15) is 89.9 Å². The Labute approximate surface area is 463 Å². The van der Waals surface area contributed by atoms with E-state index in [9.17, 15) is 23.9 Å². The lowest BCUT2D eigenvalue weighted by Gasteiger charge is -2.35. The summed E-state index contributed by atoms with van der Waals surface area (Å²) >= 11 is 9.20. The zero-order chi connectivity index (χ0) is 55.2. The number of amides is 3. The van der Waals surface area contributed by atoms with Crippen LogP contribution in [0.15, 0.2) is 41.9 Å². The van der Waals surface area contributed by atoms with Crippen molar-refractivity contribution >= 4 is 84.1 Å². The molecule has 416 valence electrons. The molecule has 2 unspecified atom stereocenters. The van der Waals surface area contributed by atoms with Crippen molar-refractivity contribution in [1.82, 2.24) is 45.7 Å². The second-order valence-corrected chi connectivity index (χ2v) is 24.3. The first-order valence-corrected chi connectivity index (χ1v) is 28.7. The van der Waals surface area contributed by atoms with Crippen LogP contribution in [0.25, 0.3) is 42.7 Å². The Balaban J connectivity index is 0.732. The number of nitrogens with zero attached hydrogens (tertiary/aromatic N) is 7. The molecule has 17 nitrogen and oxygen atoms in total. The second kappa shape index (κ2) is 23.1. The third-order valence-electron chi connectivity index (χ3n) is 15.4. The third-order valence-corrected chi connectivity index (χ3v) is 17.5. The number of aliphatic hydroxyl groups is 1. The van der Waals surface area contributed by atoms with Crippen LogP contribution in [0.3, 0.4) is 0 Å². The minimum atomic E-state index is -1.05. The van der Waals surface area contributed by atoms with E-state index in [1.54, 1.807) is 11.3 Å². The number of aromatic nitrogens is 4. The average Bonchev–Trinajstić information content (AvgIpc) is 4.36. The molecule has 78 heavy (non-hydrogen) atoms. The van der Waals surface area contributed by atoms with Crippen LogP contribution < -0.4 is 31.3 Å². The van der Waals surface area contributed by atoms with E-state index in [1.165, 1.54) is 11.0 Å². The van der Waals surface area contributed by atoms with Crippen molar-refractivity contribution in [3.8, 4) is 27.6 Å². The number of anilines is 2. The summed E-state index contributed by atoms with van der Waals surface area (Å²) in [6.45, 7) is 12.8. The van der Waals surface area contributed by atoms with Crippen molar-refractivity contribution in [3.63, 3.8) is 0 Å². The number of rotatable bonds is 18. The van der Waals surface area contributed by atoms with Gasteiger partial charge in [-0.05, 0) is 75.1 Å². The Morgan fingerprint density at radius 3 is 2.45 bits per heavy atom. The number of thiazole rings is 2. The highest BCUT2D eigenvalue weighted by Gasteiger charge is 2.45. The van der Waals surface area contributed by atoms with Crippen LogP contribution in [0.4, 0.5) is 24.1 Å². The minimum absolute atomic E-state index is 0.00537. The van der Waals surface area contributed by atoms with E-state index in [-0.39, 0.29) is 112 Å². The normalized spacial score (nSPS) is 21.4. The first-order valence-electron chi connectivity index (χ1n) is 26.6. The lowest BCUT2D eigenvalue weighted by molar-refractivity contribution is -0.144. The minimum Gasteiger partial charge on any atom is -0.462 e. The number of carbonyl (C=O) groups excluding carboxylic acids is 3. The van der Waals surface area contributed by atoms with Crippen LogP contribution in [0.5, 0.6) is 6.01 Å². The Hall–Kier alpha value is -5.75. The molecule has 0 aliphatic carbocycles. The van der Waals surface area contributed by atoms with Gasteiger partial charge in [-0.1, -0.05) is 68.0 Å². The predicted molar refractivity (Wildman–Crippen MR) is 296 cm³/mol. The molecule has 3 aromatic carbocycles. The first kappa shape index (κ1) is 55.6. The first-order chi connectivity index (χ1) is 37.3. The highest BCUT2D eigenvalue weighted by molar-refractivity contribution is 7.22. The summed E-state index contributed by atoms with van der Waals surface area (Å²) in [6, 6.07) is 8.23. The fourth-order valence-corrected chi connectivity index (χ4v) is 13.2. The quantitative estimate of drug-likeness (QED) is 0.0517. The fourth-order valence-electron chi connectivity index (χ4n) is 11.4. The Kier molecular flexibility index (Phi) is 16.5. The molecule has 10 rings (SSSR count).